The molecule has 0 fully saturated rings. The lowest BCUT2D eigenvalue weighted by molar-refractivity contribution is -0.120. The lowest BCUT2D eigenvalue weighted by Gasteiger charge is -2.22. The molecular formula is C33H30N4O5S. The highest BCUT2D eigenvalue weighted by molar-refractivity contribution is 7.90. The molecule has 0 aromatic heterocycles. The van der Waals surface area contributed by atoms with Crippen LogP contribution in [0.5, 0.6) is 11.5 Å². The first-order valence-electron chi connectivity index (χ1n) is 13.4. The molecule has 0 saturated carbocycles. The van der Waals surface area contributed by atoms with E-state index >= 15 is 0 Å². The smallest absolute Gasteiger partial charge is 0.264 e. The number of hydrogen-bond acceptors (Lipinski definition) is 7. The van der Waals surface area contributed by atoms with Gasteiger partial charge in [-0.3, -0.25) is 10.2 Å². The van der Waals surface area contributed by atoms with Crippen LogP contribution in [0.25, 0.3) is 10.8 Å². The second kappa shape index (κ2) is 12.7. The summed E-state index contributed by atoms with van der Waals surface area (Å²) in [6.07, 6.45) is 0. The van der Waals surface area contributed by atoms with Crippen LogP contribution in [-0.2, 0) is 21.4 Å². The Bertz CT molecular complexity index is 1870. The zero-order valence-corrected chi connectivity index (χ0v) is 24.1. The van der Waals surface area contributed by atoms with Gasteiger partial charge in [-0.2, -0.15) is 0 Å². The molecule has 0 aliphatic heterocycles. The SMILES string of the molecule is COc1cc(C(Nc2ccc(C(=N)N)cc2)C(=O)NS(=O)(=O)c2cccc3ccccc23)ccc1OCc1ccccc1. The summed E-state index contributed by atoms with van der Waals surface area (Å²) >= 11 is 0. The third kappa shape index (κ3) is 6.77. The Labute approximate surface area is 249 Å². The average molecular weight is 595 g/mol. The van der Waals surface area contributed by atoms with Crippen molar-refractivity contribution in [3.8, 4) is 11.5 Å². The van der Waals surface area contributed by atoms with Gasteiger partial charge in [0, 0.05) is 16.6 Å². The molecular weight excluding hydrogens is 564 g/mol. The second-order valence-electron chi connectivity index (χ2n) is 9.70. The van der Waals surface area contributed by atoms with Crippen molar-refractivity contribution in [3.63, 3.8) is 0 Å². The highest BCUT2D eigenvalue weighted by Crippen LogP contribution is 2.33. The number of carbonyl (C=O) groups is 1. The predicted molar refractivity (Wildman–Crippen MR) is 167 cm³/mol. The fourth-order valence-electron chi connectivity index (χ4n) is 4.61. The first-order chi connectivity index (χ1) is 20.7. The summed E-state index contributed by atoms with van der Waals surface area (Å²) in [5.41, 5.74) is 8.01. The van der Waals surface area contributed by atoms with Gasteiger partial charge in [0.1, 0.15) is 18.5 Å². The highest BCUT2D eigenvalue weighted by Gasteiger charge is 2.28. The topological polar surface area (TPSA) is 144 Å². The lowest BCUT2D eigenvalue weighted by atomic mass is 10.0. The van der Waals surface area contributed by atoms with Gasteiger partial charge in [0.25, 0.3) is 15.9 Å². The van der Waals surface area contributed by atoms with Crippen molar-refractivity contribution in [1.82, 2.24) is 4.72 Å². The Hall–Kier alpha value is -5.35. The fourth-order valence-corrected chi connectivity index (χ4v) is 5.83. The van der Waals surface area contributed by atoms with Crippen LogP contribution < -0.4 is 25.2 Å². The molecule has 0 heterocycles. The number of methoxy groups -OCH3 is 1. The summed E-state index contributed by atoms with van der Waals surface area (Å²) in [5, 5.41) is 12.0. The average Bonchev–Trinajstić information content (AvgIpc) is 3.02. The molecule has 1 amide bonds. The third-order valence-corrected chi connectivity index (χ3v) is 8.21. The van der Waals surface area contributed by atoms with Gasteiger partial charge in [-0.05, 0) is 59.0 Å². The summed E-state index contributed by atoms with van der Waals surface area (Å²) in [6, 6.07) is 32.0. The van der Waals surface area contributed by atoms with Crippen molar-refractivity contribution in [2.45, 2.75) is 17.5 Å². The molecule has 0 aliphatic rings. The van der Waals surface area contributed by atoms with Crippen molar-refractivity contribution in [2.24, 2.45) is 5.73 Å². The standard InChI is InChI=1S/C33H30N4O5S/c1-41-29-20-25(16-19-28(29)42-21-22-8-3-2-4-9-22)31(36-26-17-14-24(15-18-26)32(34)35)33(38)37-43(39,40)30-13-7-11-23-10-5-6-12-27(23)30/h2-20,31,36H,21H2,1H3,(H3,34,35)(H,37,38). The van der Waals surface area contributed by atoms with Gasteiger partial charge in [-0.1, -0.05) is 72.8 Å². The number of fused-ring (bicyclic) bond motifs is 1. The molecule has 0 bridgehead atoms. The minimum Gasteiger partial charge on any atom is -0.493 e. The number of nitrogens with one attached hydrogen (secondary N) is 3. The Morgan fingerprint density at radius 2 is 1.56 bits per heavy atom. The third-order valence-electron chi connectivity index (χ3n) is 6.80. The van der Waals surface area contributed by atoms with E-state index in [4.69, 9.17) is 20.6 Å². The first-order valence-corrected chi connectivity index (χ1v) is 14.8. The van der Waals surface area contributed by atoms with Crippen LogP contribution in [0.15, 0.2) is 120 Å². The molecule has 218 valence electrons. The van der Waals surface area contributed by atoms with Crippen LogP contribution in [0.1, 0.15) is 22.7 Å². The van der Waals surface area contributed by atoms with Crippen molar-refractivity contribution in [2.75, 3.05) is 12.4 Å². The van der Waals surface area contributed by atoms with E-state index in [9.17, 15) is 13.2 Å². The summed E-state index contributed by atoms with van der Waals surface area (Å²) in [7, 11) is -2.76. The van der Waals surface area contributed by atoms with E-state index in [1.165, 1.54) is 13.2 Å². The predicted octanol–water partition coefficient (Wildman–Crippen LogP) is 5.37. The summed E-state index contributed by atoms with van der Waals surface area (Å²) in [4.78, 5) is 13.8. The molecule has 0 radical (unpaired) electrons. The minimum absolute atomic E-state index is 0.00856. The Balaban J connectivity index is 1.47. The normalized spacial score (nSPS) is 11.8. The Kier molecular flexibility index (Phi) is 8.59. The molecule has 5 rings (SSSR count). The molecule has 1 unspecified atom stereocenters. The molecule has 43 heavy (non-hydrogen) atoms. The maximum absolute atomic E-state index is 13.8. The number of nitrogens with two attached hydrogens (primary N) is 1. The van der Waals surface area contributed by atoms with E-state index in [0.717, 1.165) is 10.9 Å². The molecule has 10 heteroatoms. The number of nitrogen functional groups attached to an aromatic ring is 1. The fraction of sp³-hybridized carbons (Fsp3) is 0.0909. The molecule has 9 nitrogen and oxygen atoms in total. The van der Waals surface area contributed by atoms with Gasteiger partial charge in [-0.15, -0.1) is 0 Å². The number of ether oxygens (including phenoxy) is 2. The van der Waals surface area contributed by atoms with Crippen molar-refractivity contribution in [1.29, 1.82) is 5.41 Å². The van der Waals surface area contributed by atoms with E-state index in [0.29, 0.717) is 40.3 Å². The number of carbonyl (C=O) groups excluding carboxylic acids is 1. The number of benzene rings is 5. The van der Waals surface area contributed by atoms with E-state index in [1.807, 2.05) is 36.4 Å². The van der Waals surface area contributed by atoms with Gasteiger partial charge in [0.05, 0.1) is 12.0 Å². The van der Waals surface area contributed by atoms with Crippen LogP contribution in [0.2, 0.25) is 0 Å². The van der Waals surface area contributed by atoms with Crippen LogP contribution in [0.4, 0.5) is 5.69 Å². The van der Waals surface area contributed by atoms with Gasteiger partial charge in [0.15, 0.2) is 11.5 Å². The molecule has 1 atom stereocenters. The maximum Gasteiger partial charge on any atom is 0.264 e. The van der Waals surface area contributed by atoms with E-state index in [-0.39, 0.29) is 10.7 Å². The number of anilines is 1. The number of rotatable bonds is 11. The summed E-state index contributed by atoms with van der Waals surface area (Å²) < 4.78 is 40.8. The molecule has 0 spiro atoms. The largest absolute Gasteiger partial charge is 0.493 e. The lowest BCUT2D eigenvalue weighted by Crippen LogP contribution is -2.37. The molecule has 0 aliphatic carbocycles. The zero-order chi connectivity index (χ0) is 30.4. The van der Waals surface area contributed by atoms with Gasteiger partial charge in [-0.25, -0.2) is 13.1 Å². The Morgan fingerprint density at radius 3 is 2.28 bits per heavy atom. The van der Waals surface area contributed by atoms with Crippen LogP contribution >= 0.6 is 0 Å². The second-order valence-corrected chi connectivity index (χ2v) is 11.4. The van der Waals surface area contributed by atoms with Crippen molar-refractivity contribution < 1.29 is 22.7 Å². The first kappa shape index (κ1) is 29.2. The highest BCUT2D eigenvalue weighted by atomic mass is 32.2. The van der Waals surface area contributed by atoms with Gasteiger partial charge < -0.3 is 20.5 Å². The molecule has 0 saturated heterocycles. The maximum atomic E-state index is 13.8. The van der Waals surface area contributed by atoms with Gasteiger partial charge >= 0.3 is 0 Å². The van der Waals surface area contributed by atoms with E-state index < -0.39 is 22.0 Å². The number of sulfonamides is 1. The molecule has 5 N–H and O–H groups in total. The summed E-state index contributed by atoms with van der Waals surface area (Å²) in [6.45, 7) is 0.310. The number of hydrogen-bond donors (Lipinski definition) is 4. The van der Waals surface area contributed by atoms with Crippen LogP contribution in [0, 0.1) is 5.41 Å². The van der Waals surface area contributed by atoms with E-state index in [1.54, 1.807) is 72.8 Å². The van der Waals surface area contributed by atoms with E-state index in [2.05, 4.69) is 10.0 Å². The van der Waals surface area contributed by atoms with Crippen LogP contribution in [-0.4, -0.2) is 27.3 Å². The van der Waals surface area contributed by atoms with Crippen molar-refractivity contribution >= 4 is 38.2 Å². The van der Waals surface area contributed by atoms with Gasteiger partial charge in [0.2, 0.25) is 0 Å². The summed E-state index contributed by atoms with van der Waals surface area (Å²) in [5.74, 6) is -0.0678. The Morgan fingerprint density at radius 1 is 0.860 bits per heavy atom. The van der Waals surface area contributed by atoms with Crippen LogP contribution in [0.3, 0.4) is 0 Å². The number of amidine groups is 1. The monoisotopic (exact) mass is 594 g/mol. The van der Waals surface area contributed by atoms with Crippen molar-refractivity contribution in [3.05, 3.63) is 132 Å². The molecule has 5 aromatic rings. The zero-order valence-electron chi connectivity index (χ0n) is 23.3. The quantitative estimate of drug-likeness (QED) is 0.119. The minimum atomic E-state index is -4.25. The number of amides is 1. The molecule has 5 aromatic carbocycles.